The fourth-order valence-corrected chi connectivity index (χ4v) is 3.55. The Hall–Kier alpha value is -2.52. The van der Waals surface area contributed by atoms with Crippen LogP contribution in [0.3, 0.4) is 0 Å². The molecule has 1 aromatic heterocycles. The molecule has 0 spiro atoms. The average molecular weight is 403 g/mol. The first-order chi connectivity index (χ1) is 12.6. The molecule has 128 valence electrons. The zero-order valence-electron chi connectivity index (χ0n) is 14.8. The van der Waals surface area contributed by atoms with Gasteiger partial charge in [0.25, 0.3) is 0 Å². The molecule has 0 aliphatic carbocycles. The summed E-state index contributed by atoms with van der Waals surface area (Å²) in [6, 6.07) is 22.9. The van der Waals surface area contributed by atoms with Crippen molar-refractivity contribution in [2.24, 2.45) is 0 Å². The first-order valence-electron chi connectivity index (χ1n) is 8.68. The van der Waals surface area contributed by atoms with Gasteiger partial charge in [0.1, 0.15) is 0 Å². The lowest BCUT2D eigenvalue weighted by Crippen LogP contribution is -2.01. The van der Waals surface area contributed by atoms with Crippen LogP contribution in [-0.2, 0) is 6.42 Å². The lowest BCUT2D eigenvalue weighted by atomic mass is 10.0. The molecule has 26 heavy (non-hydrogen) atoms. The number of aryl methyl sites for hydroxylation is 2. The predicted octanol–water partition coefficient (Wildman–Crippen LogP) is 6.27. The predicted molar refractivity (Wildman–Crippen MR) is 111 cm³/mol. The maximum absolute atomic E-state index is 5.01. The summed E-state index contributed by atoms with van der Waals surface area (Å²) in [6.07, 6.45) is 0.738. The van der Waals surface area contributed by atoms with Crippen LogP contribution in [0.5, 0.6) is 0 Å². The lowest BCUT2D eigenvalue weighted by molar-refractivity contribution is 1.06. The smallest absolute Gasteiger partial charge is 0.0928 e. The van der Waals surface area contributed by atoms with Crippen LogP contribution in [0.4, 0.5) is 0 Å². The number of hydrogen-bond acceptors (Lipinski definition) is 2. The Labute approximate surface area is 162 Å². The van der Waals surface area contributed by atoms with Crippen LogP contribution in [0, 0.1) is 13.8 Å². The third-order valence-corrected chi connectivity index (χ3v) is 5.49. The molecule has 0 atom stereocenters. The molecule has 0 unspecified atom stereocenters. The van der Waals surface area contributed by atoms with Gasteiger partial charge in [0.05, 0.1) is 22.4 Å². The van der Waals surface area contributed by atoms with Crippen molar-refractivity contribution in [1.82, 2.24) is 9.97 Å². The van der Waals surface area contributed by atoms with Crippen LogP contribution in [0.25, 0.3) is 22.3 Å². The van der Waals surface area contributed by atoms with E-state index in [0.29, 0.717) is 0 Å². The number of rotatable bonds is 3. The molecule has 1 heterocycles. The maximum atomic E-state index is 5.01. The Balaban J connectivity index is 1.93. The maximum Gasteiger partial charge on any atom is 0.0928 e. The van der Waals surface area contributed by atoms with Gasteiger partial charge in [0.15, 0.2) is 0 Å². The molecule has 3 aromatic carbocycles. The molecule has 0 amide bonds. The summed E-state index contributed by atoms with van der Waals surface area (Å²) in [5, 5.41) is 0. The molecular formula is C23H19BrN2. The highest BCUT2D eigenvalue weighted by molar-refractivity contribution is 9.10. The van der Waals surface area contributed by atoms with E-state index in [0.717, 1.165) is 38.9 Å². The number of hydrogen-bond donors (Lipinski definition) is 0. The van der Waals surface area contributed by atoms with Crippen molar-refractivity contribution in [3.63, 3.8) is 0 Å². The lowest BCUT2D eigenvalue weighted by Gasteiger charge is -2.12. The number of nitrogens with zero attached hydrogens (tertiary/aromatic N) is 2. The number of halogens is 1. The third-order valence-electron chi connectivity index (χ3n) is 4.71. The highest BCUT2D eigenvalue weighted by Gasteiger charge is 2.13. The fraction of sp³-hybridized carbons (Fsp3) is 0.130. The van der Waals surface area contributed by atoms with Crippen LogP contribution < -0.4 is 0 Å². The molecule has 4 aromatic rings. The number of fused-ring (bicyclic) bond motifs is 1. The monoisotopic (exact) mass is 402 g/mol. The van der Waals surface area contributed by atoms with Crippen molar-refractivity contribution in [1.29, 1.82) is 0 Å². The van der Waals surface area contributed by atoms with E-state index in [-0.39, 0.29) is 0 Å². The van der Waals surface area contributed by atoms with Gasteiger partial charge in [-0.15, -0.1) is 0 Å². The highest BCUT2D eigenvalue weighted by atomic mass is 79.9. The van der Waals surface area contributed by atoms with Gasteiger partial charge in [-0.3, -0.25) is 0 Å². The van der Waals surface area contributed by atoms with Crippen molar-refractivity contribution in [3.8, 4) is 11.3 Å². The molecule has 0 aliphatic rings. The van der Waals surface area contributed by atoms with E-state index in [9.17, 15) is 0 Å². The Kier molecular flexibility index (Phi) is 4.56. The minimum atomic E-state index is 0.738. The zero-order valence-corrected chi connectivity index (χ0v) is 16.4. The molecule has 0 saturated heterocycles. The Morgan fingerprint density at radius 3 is 2.08 bits per heavy atom. The van der Waals surface area contributed by atoms with Gasteiger partial charge in [-0.1, -0.05) is 64.5 Å². The van der Waals surface area contributed by atoms with Crippen molar-refractivity contribution >= 4 is 27.0 Å². The largest absolute Gasteiger partial charge is 0.249 e. The number of aromatic nitrogens is 2. The standard InChI is InChI=1S/C23H19BrN2/c1-15-12-20-21(13-16(15)2)26-23(17-8-4-3-5-9-17)22(25-20)14-18-10-6-7-11-19(18)24/h3-13H,14H2,1-2H3. The molecule has 0 fully saturated rings. The summed E-state index contributed by atoms with van der Waals surface area (Å²) in [4.78, 5) is 10.0. The summed E-state index contributed by atoms with van der Waals surface area (Å²) in [6.45, 7) is 4.24. The second kappa shape index (κ2) is 7.00. The Bertz CT molecular complexity index is 1090. The first kappa shape index (κ1) is 16.9. The summed E-state index contributed by atoms with van der Waals surface area (Å²) < 4.78 is 1.10. The third kappa shape index (κ3) is 3.27. The topological polar surface area (TPSA) is 25.8 Å². The van der Waals surface area contributed by atoms with E-state index in [1.54, 1.807) is 0 Å². The van der Waals surface area contributed by atoms with Gasteiger partial charge >= 0.3 is 0 Å². The van der Waals surface area contributed by atoms with Gasteiger partial charge in [0, 0.05) is 16.5 Å². The van der Waals surface area contributed by atoms with E-state index >= 15 is 0 Å². The molecule has 0 saturated carbocycles. The Morgan fingerprint density at radius 1 is 0.769 bits per heavy atom. The van der Waals surface area contributed by atoms with E-state index in [1.807, 2.05) is 24.3 Å². The second-order valence-corrected chi connectivity index (χ2v) is 7.43. The van der Waals surface area contributed by atoms with Crippen molar-refractivity contribution in [2.75, 3.05) is 0 Å². The minimum Gasteiger partial charge on any atom is -0.249 e. The minimum absolute atomic E-state index is 0.738. The van der Waals surface area contributed by atoms with Crippen molar-refractivity contribution in [3.05, 3.63) is 93.6 Å². The fourth-order valence-electron chi connectivity index (χ4n) is 3.12. The van der Waals surface area contributed by atoms with Crippen LogP contribution in [0.2, 0.25) is 0 Å². The molecule has 4 rings (SSSR count). The van der Waals surface area contributed by atoms with Gasteiger partial charge < -0.3 is 0 Å². The van der Waals surface area contributed by atoms with Crippen LogP contribution in [0.1, 0.15) is 22.4 Å². The average Bonchev–Trinajstić information content (AvgIpc) is 2.65. The highest BCUT2D eigenvalue weighted by Crippen LogP contribution is 2.28. The summed E-state index contributed by atoms with van der Waals surface area (Å²) in [5.41, 5.74) is 8.65. The molecule has 0 bridgehead atoms. The van der Waals surface area contributed by atoms with E-state index < -0.39 is 0 Å². The van der Waals surface area contributed by atoms with Crippen LogP contribution in [0.15, 0.2) is 71.2 Å². The van der Waals surface area contributed by atoms with E-state index in [1.165, 1.54) is 16.7 Å². The number of benzene rings is 3. The van der Waals surface area contributed by atoms with Gasteiger partial charge in [-0.2, -0.15) is 0 Å². The summed E-state index contributed by atoms with van der Waals surface area (Å²) in [5.74, 6) is 0. The normalized spacial score (nSPS) is 11.0. The molecule has 2 nitrogen and oxygen atoms in total. The van der Waals surface area contributed by atoms with Crippen molar-refractivity contribution in [2.45, 2.75) is 20.3 Å². The van der Waals surface area contributed by atoms with Crippen LogP contribution >= 0.6 is 15.9 Å². The molecule has 0 radical (unpaired) electrons. The first-order valence-corrected chi connectivity index (χ1v) is 9.48. The summed E-state index contributed by atoms with van der Waals surface area (Å²) >= 11 is 3.66. The molecule has 3 heteroatoms. The van der Waals surface area contributed by atoms with Gasteiger partial charge in [-0.05, 0) is 48.7 Å². The van der Waals surface area contributed by atoms with Gasteiger partial charge in [-0.25, -0.2) is 9.97 Å². The van der Waals surface area contributed by atoms with Gasteiger partial charge in [0.2, 0.25) is 0 Å². The Morgan fingerprint density at radius 2 is 1.38 bits per heavy atom. The second-order valence-electron chi connectivity index (χ2n) is 6.58. The molecule has 0 N–H and O–H groups in total. The quantitative estimate of drug-likeness (QED) is 0.403. The SMILES string of the molecule is Cc1cc2nc(Cc3ccccc3Br)c(-c3ccccc3)nc2cc1C. The van der Waals surface area contributed by atoms with E-state index in [2.05, 4.69) is 72.2 Å². The van der Waals surface area contributed by atoms with Crippen molar-refractivity contribution < 1.29 is 0 Å². The molecule has 0 aliphatic heterocycles. The van der Waals surface area contributed by atoms with Crippen LogP contribution in [-0.4, -0.2) is 9.97 Å². The summed E-state index contributed by atoms with van der Waals surface area (Å²) in [7, 11) is 0. The van der Waals surface area contributed by atoms with E-state index in [4.69, 9.17) is 9.97 Å². The molecular weight excluding hydrogens is 384 g/mol. The zero-order chi connectivity index (χ0) is 18.1.